The fourth-order valence-corrected chi connectivity index (χ4v) is 5.26. The van der Waals surface area contributed by atoms with Gasteiger partial charge in [-0.3, -0.25) is 4.79 Å². The summed E-state index contributed by atoms with van der Waals surface area (Å²) in [6.45, 7) is 2.11. The fourth-order valence-electron chi connectivity index (χ4n) is 3.41. The molecule has 2 saturated heterocycles. The molecule has 0 aliphatic carbocycles. The molecule has 1 aromatic rings. The Kier molecular flexibility index (Phi) is 5.10. The SMILES string of the molecule is CO[C@@H]1CS(=O)(=O)C[C@H]1NC(=O)c1ccc(N2CCCCC2)cc1. The van der Waals surface area contributed by atoms with E-state index in [4.69, 9.17) is 4.74 Å². The van der Waals surface area contributed by atoms with Crippen LogP contribution in [0.3, 0.4) is 0 Å². The smallest absolute Gasteiger partial charge is 0.251 e. The second-order valence-electron chi connectivity index (χ2n) is 6.53. The molecule has 2 atom stereocenters. The van der Waals surface area contributed by atoms with Gasteiger partial charge in [-0.1, -0.05) is 0 Å². The molecule has 6 nitrogen and oxygen atoms in total. The van der Waals surface area contributed by atoms with Crippen LogP contribution in [-0.4, -0.2) is 58.2 Å². The number of nitrogens with one attached hydrogen (secondary N) is 1. The maximum Gasteiger partial charge on any atom is 0.251 e. The molecule has 2 aliphatic rings. The quantitative estimate of drug-likeness (QED) is 0.882. The number of sulfone groups is 1. The number of anilines is 1. The van der Waals surface area contributed by atoms with Crippen molar-refractivity contribution in [3.8, 4) is 0 Å². The molecule has 0 bridgehead atoms. The second kappa shape index (κ2) is 7.11. The van der Waals surface area contributed by atoms with Crippen molar-refractivity contribution in [1.82, 2.24) is 5.32 Å². The molecule has 1 aromatic carbocycles. The van der Waals surface area contributed by atoms with Gasteiger partial charge in [0.2, 0.25) is 0 Å². The second-order valence-corrected chi connectivity index (χ2v) is 8.68. The maximum atomic E-state index is 12.4. The van der Waals surface area contributed by atoms with E-state index in [2.05, 4.69) is 10.2 Å². The first-order valence-electron chi connectivity index (χ1n) is 8.37. The van der Waals surface area contributed by atoms with E-state index in [9.17, 15) is 13.2 Å². The molecule has 2 heterocycles. The van der Waals surface area contributed by atoms with E-state index in [0.717, 1.165) is 18.8 Å². The van der Waals surface area contributed by atoms with Crippen LogP contribution in [0, 0.1) is 0 Å². The molecule has 0 radical (unpaired) electrons. The fraction of sp³-hybridized carbons (Fsp3) is 0.588. The summed E-state index contributed by atoms with van der Waals surface area (Å²) in [5, 5.41) is 2.79. The lowest BCUT2D eigenvalue weighted by Gasteiger charge is -2.28. The van der Waals surface area contributed by atoms with E-state index in [0.29, 0.717) is 5.56 Å². The van der Waals surface area contributed by atoms with Crippen LogP contribution in [0.15, 0.2) is 24.3 Å². The molecule has 3 rings (SSSR count). The van der Waals surface area contributed by atoms with E-state index in [1.165, 1.54) is 26.4 Å². The van der Waals surface area contributed by atoms with E-state index in [1.807, 2.05) is 12.1 Å². The van der Waals surface area contributed by atoms with Gasteiger partial charge in [0.15, 0.2) is 9.84 Å². The maximum absolute atomic E-state index is 12.4. The monoisotopic (exact) mass is 352 g/mol. The van der Waals surface area contributed by atoms with Crippen molar-refractivity contribution >= 4 is 21.4 Å². The molecule has 2 aliphatic heterocycles. The summed E-state index contributed by atoms with van der Waals surface area (Å²) in [6.07, 6.45) is 3.21. The number of piperidine rings is 1. The Bertz CT molecular complexity index is 681. The van der Waals surface area contributed by atoms with Crippen molar-refractivity contribution < 1.29 is 17.9 Å². The highest BCUT2D eigenvalue weighted by Crippen LogP contribution is 2.21. The van der Waals surface area contributed by atoms with E-state index in [1.54, 1.807) is 12.1 Å². The Hall–Kier alpha value is -1.60. The summed E-state index contributed by atoms with van der Waals surface area (Å²) in [6, 6.07) is 7.02. The number of benzene rings is 1. The normalized spacial score (nSPS) is 26.3. The van der Waals surface area contributed by atoms with E-state index >= 15 is 0 Å². The average molecular weight is 352 g/mol. The third kappa shape index (κ3) is 3.89. The highest BCUT2D eigenvalue weighted by atomic mass is 32.2. The van der Waals surface area contributed by atoms with Crippen molar-refractivity contribution in [2.75, 3.05) is 36.6 Å². The molecule has 132 valence electrons. The van der Waals surface area contributed by atoms with E-state index in [-0.39, 0.29) is 17.4 Å². The summed E-state index contributed by atoms with van der Waals surface area (Å²) in [4.78, 5) is 14.7. The minimum Gasteiger partial charge on any atom is -0.378 e. The van der Waals surface area contributed by atoms with Crippen LogP contribution < -0.4 is 10.2 Å². The number of hydrogen-bond acceptors (Lipinski definition) is 5. The Balaban J connectivity index is 1.64. The van der Waals surface area contributed by atoms with Crippen LogP contribution in [0.25, 0.3) is 0 Å². The van der Waals surface area contributed by atoms with Crippen LogP contribution in [0.1, 0.15) is 29.6 Å². The first-order chi connectivity index (χ1) is 11.5. The van der Waals surface area contributed by atoms with Gasteiger partial charge in [-0.05, 0) is 43.5 Å². The molecule has 1 N–H and O–H groups in total. The van der Waals surface area contributed by atoms with Crippen molar-refractivity contribution in [2.45, 2.75) is 31.4 Å². The molecule has 0 unspecified atom stereocenters. The number of nitrogens with zero attached hydrogens (tertiary/aromatic N) is 1. The number of hydrogen-bond donors (Lipinski definition) is 1. The molecular formula is C17H24N2O4S. The van der Waals surface area contributed by atoms with Gasteiger partial charge in [-0.2, -0.15) is 0 Å². The molecule has 1 amide bonds. The van der Waals surface area contributed by atoms with Gasteiger partial charge in [0.1, 0.15) is 0 Å². The molecule has 0 spiro atoms. The lowest BCUT2D eigenvalue weighted by Crippen LogP contribution is -2.43. The Labute approximate surface area is 143 Å². The standard InChI is InChI=1S/C17H24N2O4S/c1-23-16-12-24(21,22)11-15(16)18-17(20)13-5-7-14(8-6-13)19-9-3-2-4-10-19/h5-8,15-16H,2-4,9-12H2,1H3,(H,18,20)/t15-,16-/m1/s1. The Morgan fingerprint density at radius 1 is 1.12 bits per heavy atom. The van der Waals surface area contributed by atoms with Crippen molar-refractivity contribution in [3.05, 3.63) is 29.8 Å². The number of methoxy groups -OCH3 is 1. The third-order valence-electron chi connectivity index (χ3n) is 4.77. The lowest BCUT2D eigenvalue weighted by atomic mass is 10.1. The number of carbonyl (C=O) groups is 1. The highest BCUT2D eigenvalue weighted by Gasteiger charge is 2.38. The number of rotatable bonds is 4. The first kappa shape index (κ1) is 17.2. The summed E-state index contributed by atoms with van der Waals surface area (Å²) in [7, 11) is -1.68. The lowest BCUT2D eigenvalue weighted by molar-refractivity contribution is 0.0786. The highest BCUT2D eigenvalue weighted by molar-refractivity contribution is 7.91. The molecule has 0 saturated carbocycles. The predicted octanol–water partition coefficient (Wildman–Crippen LogP) is 1.22. The van der Waals surface area contributed by atoms with Crippen molar-refractivity contribution in [3.63, 3.8) is 0 Å². The molecule has 7 heteroatoms. The summed E-state index contributed by atoms with van der Waals surface area (Å²) >= 11 is 0. The topological polar surface area (TPSA) is 75.7 Å². The zero-order valence-corrected chi connectivity index (χ0v) is 14.7. The summed E-state index contributed by atoms with van der Waals surface area (Å²) in [5.41, 5.74) is 1.67. The zero-order valence-electron chi connectivity index (χ0n) is 13.9. The Morgan fingerprint density at radius 3 is 2.42 bits per heavy atom. The third-order valence-corrected chi connectivity index (χ3v) is 6.47. The van der Waals surface area contributed by atoms with Gasteiger partial charge in [0, 0.05) is 31.5 Å². The minimum absolute atomic E-state index is 0.0393. The number of carbonyl (C=O) groups excluding carboxylic acids is 1. The first-order valence-corrected chi connectivity index (χ1v) is 10.2. The summed E-state index contributed by atoms with van der Waals surface area (Å²) < 4.78 is 28.6. The van der Waals surface area contributed by atoms with Gasteiger partial charge >= 0.3 is 0 Å². The summed E-state index contributed by atoms with van der Waals surface area (Å²) in [5.74, 6) is -0.366. The number of ether oxygens (including phenoxy) is 1. The van der Waals surface area contributed by atoms with Crippen molar-refractivity contribution in [2.24, 2.45) is 0 Å². The number of amides is 1. The van der Waals surface area contributed by atoms with Crippen molar-refractivity contribution in [1.29, 1.82) is 0 Å². The molecule has 2 fully saturated rings. The van der Waals surface area contributed by atoms with Gasteiger partial charge in [0.05, 0.1) is 23.7 Å². The molecule has 0 aromatic heterocycles. The van der Waals surface area contributed by atoms with E-state index < -0.39 is 22.0 Å². The van der Waals surface area contributed by atoms with Crippen LogP contribution in [-0.2, 0) is 14.6 Å². The minimum atomic E-state index is -3.15. The van der Waals surface area contributed by atoms with Gasteiger partial charge < -0.3 is 15.0 Å². The molecule has 24 heavy (non-hydrogen) atoms. The van der Waals surface area contributed by atoms with Crippen LogP contribution in [0.2, 0.25) is 0 Å². The van der Waals surface area contributed by atoms with Crippen LogP contribution in [0.5, 0.6) is 0 Å². The van der Waals surface area contributed by atoms with Crippen LogP contribution in [0.4, 0.5) is 5.69 Å². The van der Waals surface area contributed by atoms with Gasteiger partial charge in [0.25, 0.3) is 5.91 Å². The van der Waals surface area contributed by atoms with Crippen LogP contribution >= 0.6 is 0 Å². The average Bonchev–Trinajstić information content (AvgIpc) is 2.89. The predicted molar refractivity (Wildman–Crippen MR) is 93.2 cm³/mol. The van der Waals surface area contributed by atoms with Gasteiger partial charge in [-0.15, -0.1) is 0 Å². The van der Waals surface area contributed by atoms with Gasteiger partial charge in [-0.25, -0.2) is 8.42 Å². The Morgan fingerprint density at radius 2 is 1.79 bits per heavy atom. The molecular weight excluding hydrogens is 328 g/mol. The largest absolute Gasteiger partial charge is 0.378 e. The zero-order chi connectivity index (χ0) is 17.2.